The fraction of sp³-hybridized carbons (Fsp3) is 0.500. The highest BCUT2D eigenvalue weighted by atomic mass is 16.2. The van der Waals surface area contributed by atoms with Gasteiger partial charge in [-0.05, 0) is 30.7 Å². The van der Waals surface area contributed by atoms with Crippen LogP contribution < -0.4 is 11.1 Å². The van der Waals surface area contributed by atoms with E-state index in [2.05, 4.69) is 19.2 Å². The van der Waals surface area contributed by atoms with Crippen LogP contribution in [-0.2, 0) is 16.0 Å². The van der Waals surface area contributed by atoms with Crippen LogP contribution in [0, 0.1) is 5.92 Å². The number of rotatable bonds is 8. The van der Waals surface area contributed by atoms with Crippen molar-refractivity contribution in [3.63, 3.8) is 0 Å². The highest BCUT2D eigenvalue weighted by molar-refractivity contribution is 5.86. The molecule has 110 valence electrons. The minimum absolute atomic E-state index is 0.101. The zero-order chi connectivity index (χ0) is 15.0. The Morgan fingerprint density at radius 2 is 1.80 bits per heavy atom. The first-order valence-corrected chi connectivity index (χ1v) is 7.11. The number of primary amides is 1. The van der Waals surface area contributed by atoms with Crippen LogP contribution in [0.15, 0.2) is 30.3 Å². The van der Waals surface area contributed by atoms with E-state index in [0.29, 0.717) is 18.8 Å². The second-order valence-electron chi connectivity index (χ2n) is 5.48. The number of hydrogen-bond acceptors (Lipinski definition) is 2. The standard InChI is InChI=1S/C16H24N2O2/c1-12(2)8-11-15(19)18-14(16(17)20)10-9-13-6-4-3-5-7-13/h3-7,12,14H,8-11H2,1-2H3,(H2,17,20)(H,18,19)/t14-/m1/s1. The molecule has 0 aromatic heterocycles. The van der Waals surface area contributed by atoms with Crippen LogP contribution in [0.25, 0.3) is 0 Å². The van der Waals surface area contributed by atoms with Crippen LogP contribution in [0.5, 0.6) is 0 Å². The first-order chi connectivity index (χ1) is 9.49. The molecule has 4 nitrogen and oxygen atoms in total. The fourth-order valence-corrected chi connectivity index (χ4v) is 1.93. The fourth-order valence-electron chi connectivity index (χ4n) is 1.93. The largest absolute Gasteiger partial charge is 0.368 e. The van der Waals surface area contributed by atoms with Gasteiger partial charge in [0.2, 0.25) is 11.8 Å². The Morgan fingerprint density at radius 1 is 1.15 bits per heavy atom. The normalized spacial score (nSPS) is 12.2. The molecule has 0 aliphatic carbocycles. The molecule has 0 fully saturated rings. The molecule has 0 spiro atoms. The lowest BCUT2D eigenvalue weighted by Gasteiger charge is -2.16. The molecular weight excluding hydrogens is 252 g/mol. The Morgan fingerprint density at radius 3 is 2.35 bits per heavy atom. The average molecular weight is 276 g/mol. The summed E-state index contributed by atoms with van der Waals surface area (Å²) in [5.41, 5.74) is 6.49. The van der Waals surface area contributed by atoms with Gasteiger partial charge in [-0.25, -0.2) is 0 Å². The van der Waals surface area contributed by atoms with Crippen molar-refractivity contribution in [3.05, 3.63) is 35.9 Å². The summed E-state index contributed by atoms with van der Waals surface area (Å²) in [6.45, 7) is 4.13. The van der Waals surface area contributed by atoms with Gasteiger partial charge in [-0.3, -0.25) is 9.59 Å². The lowest BCUT2D eigenvalue weighted by molar-refractivity contribution is -0.127. The van der Waals surface area contributed by atoms with Gasteiger partial charge in [-0.2, -0.15) is 0 Å². The van der Waals surface area contributed by atoms with Gasteiger partial charge in [0.1, 0.15) is 6.04 Å². The molecule has 1 aromatic carbocycles. The number of nitrogens with one attached hydrogen (secondary N) is 1. The van der Waals surface area contributed by atoms with Crippen LogP contribution in [0.3, 0.4) is 0 Å². The number of aryl methyl sites for hydroxylation is 1. The minimum atomic E-state index is -0.588. The summed E-state index contributed by atoms with van der Waals surface area (Å²) in [5.74, 6) is -0.105. The quantitative estimate of drug-likeness (QED) is 0.762. The Labute approximate surface area is 120 Å². The molecular formula is C16H24N2O2. The molecule has 0 aliphatic rings. The second kappa shape index (κ2) is 8.35. The van der Waals surface area contributed by atoms with Gasteiger partial charge in [0.15, 0.2) is 0 Å². The number of carbonyl (C=O) groups excluding carboxylic acids is 2. The van der Waals surface area contributed by atoms with Gasteiger partial charge in [0, 0.05) is 6.42 Å². The first-order valence-electron chi connectivity index (χ1n) is 7.11. The number of carbonyl (C=O) groups is 2. The molecule has 0 bridgehead atoms. The third kappa shape index (κ3) is 6.36. The summed E-state index contributed by atoms with van der Waals surface area (Å²) < 4.78 is 0. The SMILES string of the molecule is CC(C)CCC(=O)N[C@H](CCc1ccccc1)C(N)=O. The van der Waals surface area contributed by atoms with Gasteiger partial charge in [-0.1, -0.05) is 44.2 Å². The lowest BCUT2D eigenvalue weighted by Crippen LogP contribution is -2.44. The number of amides is 2. The molecule has 1 atom stereocenters. The number of nitrogens with two attached hydrogens (primary N) is 1. The van der Waals surface area contributed by atoms with Crippen LogP contribution in [0.4, 0.5) is 0 Å². The summed E-state index contributed by atoms with van der Waals surface area (Å²) in [4.78, 5) is 23.2. The summed E-state index contributed by atoms with van der Waals surface area (Å²) >= 11 is 0. The van der Waals surface area contributed by atoms with Gasteiger partial charge < -0.3 is 11.1 Å². The van der Waals surface area contributed by atoms with Crippen LogP contribution in [0.1, 0.15) is 38.7 Å². The molecule has 1 aromatic rings. The Balaban J connectivity index is 2.44. The van der Waals surface area contributed by atoms with Crippen molar-refractivity contribution in [2.24, 2.45) is 11.7 Å². The van der Waals surface area contributed by atoms with E-state index in [0.717, 1.165) is 18.4 Å². The Bertz CT molecular complexity index is 429. The summed E-state index contributed by atoms with van der Waals surface area (Å²) in [6.07, 6.45) is 2.51. The average Bonchev–Trinajstić information content (AvgIpc) is 2.42. The molecule has 0 radical (unpaired) electrons. The van der Waals surface area contributed by atoms with E-state index in [1.165, 1.54) is 0 Å². The summed E-state index contributed by atoms with van der Waals surface area (Å²) in [7, 11) is 0. The second-order valence-corrected chi connectivity index (χ2v) is 5.48. The van der Waals surface area contributed by atoms with Crippen LogP contribution in [-0.4, -0.2) is 17.9 Å². The van der Waals surface area contributed by atoms with Crippen LogP contribution >= 0.6 is 0 Å². The van der Waals surface area contributed by atoms with E-state index in [4.69, 9.17) is 5.73 Å². The maximum Gasteiger partial charge on any atom is 0.240 e. The molecule has 20 heavy (non-hydrogen) atoms. The van der Waals surface area contributed by atoms with E-state index in [-0.39, 0.29) is 5.91 Å². The zero-order valence-electron chi connectivity index (χ0n) is 12.3. The van der Waals surface area contributed by atoms with E-state index in [1.54, 1.807) is 0 Å². The van der Waals surface area contributed by atoms with Gasteiger partial charge in [-0.15, -0.1) is 0 Å². The number of benzene rings is 1. The number of hydrogen-bond donors (Lipinski definition) is 2. The van der Waals surface area contributed by atoms with E-state index in [9.17, 15) is 9.59 Å². The molecule has 0 unspecified atom stereocenters. The molecule has 4 heteroatoms. The highest BCUT2D eigenvalue weighted by Gasteiger charge is 2.17. The van der Waals surface area contributed by atoms with Crippen molar-refractivity contribution in [2.45, 2.75) is 45.6 Å². The molecule has 0 saturated heterocycles. The molecule has 2 amide bonds. The van der Waals surface area contributed by atoms with E-state index < -0.39 is 11.9 Å². The Hall–Kier alpha value is -1.84. The third-order valence-electron chi connectivity index (χ3n) is 3.19. The molecule has 0 aliphatic heterocycles. The first kappa shape index (κ1) is 16.2. The molecule has 3 N–H and O–H groups in total. The van der Waals surface area contributed by atoms with Crippen molar-refractivity contribution < 1.29 is 9.59 Å². The highest BCUT2D eigenvalue weighted by Crippen LogP contribution is 2.07. The van der Waals surface area contributed by atoms with E-state index in [1.807, 2.05) is 30.3 Å². The smallest absolute Gasteiger partial charge is 0.240 e. The van der Waals surface area contributed by atoms with Crippen molar-refractivity contribution in [3.8, 4) is 0 Å². The molecule has 0 saturated carbocycles. The van der Waals surface area contributed by atoms with Crippen molar-refractivity contribution in [1.29, 1.82) is 0 Å². The monoisotopic (exact) mass is 276 g/mol. The predicted molar refractivity (Wildman–Crippen MR) is 80.0 cm³/mol. The van der Waals surface area contributed by atoms with Crippen LogP contribution in [0.2, 0.25) is 0 Å². The molecule has 0 heterocycles. The minimum Gasteiger partial charge on any atom is -0.368 e. The Kier molecular flexibility index (Phi) is 6.77. The van der Waals surface area contributed by atoms with Gasteiger partial charge in [0.05, 0.1) is 0 Å². The van der Waals surface area contributed by atoms with Crippen molar-refractivity contribution >= 4 is 11.8 Å². The van der Waals surface area contributed by atoms with Gasteiger partial charge in [0.25, 0.3) is 0 Å². The predicted octanol–water partition coefficient (Wildman–Crippen LogP) is 2.03. The zero-order valence-corrected chi connectivity index (χ0v) is 12.3. The maximum atomic E-state index is 11.8. The van der Waals surface area contributed by atoms with Crippen molar-refractivity contribution in [2.75, 3.05) is 0 Å². The topological polar surface area (TPSA) is 72.2 Å². The summed E-state index contributed by atoms with van der Waals surface area (Å²) in [6, 6.07) is 9.26. The van der Waals surface area contributed by atoms with Crippen molar-refractivity contribution in [1.82, 2.24) is 5.32 Å². The summed E-state index contributed by atoms with van der Waals surface area (Å²) in [5, 5.41) is 2.73. The third-order valence-corrected chi connectivity index (χ3v) is 3.19. The maximum absolute atomic E-state index is 11.8. The van der Waals surface area contributed by atoms with Gasteiger partial charge >= 0.3 is 0 Å². The van der Waals surface area contributed by atoms with E-state index >= 15 is 0 Å². The molecule has 1 rings (SSSR count). The lowest BCUT2D eigenvalue weighted by atomic mass is 10.0.